The number of nitrogens with zero attached hydrogens (tertiary/aromatic N) is 3. The second kappa shape index (κ2) is 10.1. The Bertz CT molecular complexity index is 645. The minimum atomic E-state index is 0.221. The van der Waals surface area contributed by atoms with Crippen LogP contribution in [-0.2, 0) is 0 Å². The molecule has 1 aliphatic carbocycles. The molecule has 3 fully saturated rings. The molecule has 1 aromatic rings. The van der Waals surface area contributed by atoms with Gasteiger partial charge in [0.1, 0.15) is 0 Å². The van der Waals surface area contributed by atoms with Crippen molar-refractivity contribution in [3.8, 4) is 0 Å². The minimum absolute atomic E-state index is 0.221. The molecule has 0 aromatic carbocycles. The molecule has 1 saturated carbocycles. The van der Waals surface area contributed by atoms with E-state index in [-0.39, 0.29) is 5.91 Å². The van der Waals surface area contributed by atoms with Crippen molar-refractivity contribution in [1.29, 1.82) is 0 Å². The number of carbonyl (C=O) groups is 1. The number of hydrogen-bond donors (Lipinski definition) is 1. The van der Waals surface area contributed by atoms with Crippen LogP contribution >= 0.6 is 0 Å². The van der Waals surface area contributed by atoms with E-state index in [0.717, 1.165) is 36.9 Å². The highest BCUT2D eigenvalue weighted by Gasteiger charge is 2.30. The summed E-state index contributed by atoms with van der Waals surface area (Å²) >= 11 is 0. The van der Waals surface area contributed by atoms with E-state index in [1.54, 1.807) is 0 Å². The van der Waals surface area contributed by atoms with Crippen molar-refractivity contribution in [1.82, 2.24) is 19.7 Å². The predicted octanol–water partition coefficient (Wildman–Crippen LogP) is 3.91. The second-order valence-electron chi connectivity index (χ2n) is 9.61. The SMILES string of the molecule is Cc1[nH]ccc1C(=O)N(CCN1CCCCC1)C[C@H]1CCCN(C2CCCC2)C1. The van der Waals surface area contributed by atoms with Gasteiger partial charge in [-0.15, -0.1) is 0 Å². The van der Waals surface area contributed by atoms with Crippen molar-refractivity contribution < 1.29 is 4.79 Å². The summed E-state index contributed by atoms with van der Waals surface area (Å²) in [6.45, 7) is 9.66. The summed E-state index contributed by atoms with van der Waals surface area (Å²) in [6, 6.07) is 2.76. The number of likely N-dealkylation sites (tertiary alicyclic amines) is 2. The van der Waals surface area contributed by atoms with Gasteiger partial charge in [-0.2, -0.15) is 0 Å². The van der Waals surface area contributed by atoms with Crippen molar-refractivity contribution in [3.63, 3.8) is 0 Å². The van der Waals surface area contributed by atoms with E-state index < -0.39 is 0 Å². The van der Waals surface area contributed by atoms with Crippen molar-refractivity contribution in [2.45, 2.75) is 70.8 Å². The van der Waals surface area contributed by atoms with Gasteiger partial charge in [0.25, 0.3) is 5.91 Å². The largest absolute Gasteiger partial charge is 0.365 e. The van der Waals surface area contributed by atoms with Crippen LogP contribution in [0.5, 0.6) is 0 Å². The molecule has 0 spiro atoms. The Labute approximate surface area is 176 Å². The third kappa shape index (κ3) is 5.43. The first-order valence-electron chi connectivity index (χ1n) is 12.1. The molecule has 1 atom stereocenters. The molecule has 29 heavy (non-hydrogen) atoms. The number of amides is 1. The Hall–Kier alpha value is -1.33. The molecule has 0 bridgehead atoms. The fourth-order valence-electron chi connectivity index (χ4n) is 5.73. The van der Waals surface area contributed by atoms with E-state index in [9.17, 15) is 4.79 Å². The minimum Gasteiger partial charge on any atom is -0.365 e. The van der Waals surface area contributed by atoms with Gasteiger partial charge in [0.05, 0.1) is 5.56 Å². The average Bonchev–Trinajstić information content (AvgIpc) is 3.43. The predicted molar refractivity (Wildman–Crippen MR) is 118 cm³/mol. The summed E-state index contributed by atoms with van der Waals surface area (Å²) in [7, 11) is 0. The Morgan fingerprint density at radius 2 is 1.86 bits per heavy atom. The van der Waals surface area contributed by atoms with E-state index >= 15 is 0 Å². The van der Waals surface area contributed by atoms with Crippen LogP contribution in [0.4, 0.5) is 0 Å². The lowest BCUT2D eigenvalue weighted by Crippen LogP contribution is -2.47. The Balaban J connectivity index is 1.39. The zero-order chi connectivity index (χ0) is 20.1. The molecule has 2 aliphatic heterocycles. The van der Waals surface area contributed by atoms with E-state index in [1.807, 2.05) is 19.2 Å². The highest BCUT2D eigenvalue weighted by molar-refractivity contribution is 5.95. The van der Waals surface area contributed by atoms with Gasteiger partial charge in [0.15, 0.2) is 0 Å². The topological polar surface area (TPSA) is 42.6 Å². The number of hydrogen-bond acceptors (Lipinski definition) is 3. The molecule has 5 heteroatoms. The molecule has 162 valence electrons. The Morgan fingerprint density at radius 3 is 2.59 bits per heavy atom. The third-order valence-corrected chi connectivity index (χ3v) is 7.48. The van der Waals surface area contributed by atoms with Crippen LogP contribution in [0.15, 0.2) is 12.3 Å². The highest BCUT2D eigenvalue weighted by Crippen LogP contribution is 2.28. The number of aromatic nitrogens is 1. The zero-order valence-electron chi connectivity index (χ0n) is 18.4. The van der Waals surface area contributed by atoms with Gasteiger partial charge in [0.2, 0.25) is 0 Å². The van der Waals surface area contributed by atoms with Crippen LogP contribution in [0.1, 0.15) is 73.8 Å². The normalized spacial score (nSPS) is 24.8. The first-order valence-corrected chi connectivity index (χ1v) is 12.1. The molecule has 0 unspecified atom stereocenters. The first kappa shape index (κ1) is 20.9. The smallest absolute Gasteiger partial charge is 0.255 e. The maximum atomic E-state index is 13.4. The van der Waals surface area contributed by atoms with E-state index in [2.05, 4.69) is 19.7 Å². The number of piperidine rings is 2. The average molecular weight is 401 g/mol. The van der Waals surface area contributed by atoms with Gasteiger partial charge in [-0.05, 0) is 77.1 Å². The fraction of sp³-hybridized carbons (Fsp3) is 0.792. The van der Waals surface area contributed by atoms with Crippen molar-refractivity contribution in [2.24, 2.45) is 5.92 Å². The third-order valence-electron chi connectivity index (χ3n) is 7.48. The summed E-state index contributed by atoms with van der Waals surface area (Å²) in [5, 5.41) is 0. The number of aromatic amines is 1. The van der Waals surface area contributed by atoms with Crippen LogP contribution in [-0.4, -0.2) is 77.4 Å². The summed E-state index contributed by atoms with van der Waals surface area (Å²) < 4.78 is 0. The van der Waals surface area contributed by atoms with Gasteiger partial charge in [-0.25, -0.2) is 0 Å². The molecule has 1 aromatic heterocycles. The van der Waals surface area contributed by atoms with Crippen LogP contribution < -0.4 is 0 Å². The molecule has 5 nitrogen and oxygen atoms in total. The highest BCUT2D eigenvalue weighted by atomic mass is 16.2. The summed E-state index contributed by atoms with van der Waals surface area (Å²) in [6.07, 6.45) is 14.0. The van der Waals surface area contributed by atoms with Gasteiger partial charge in [-0.3, -0.25) is 4.79 Å². The van der Waals surface area contributed by atoms with Crippen LogP contribution in [0, 0.1) is 12.8 Å². The quantitative estimate of drug-likeness (QED) is 0.755. The van der Waals surface area contributed by atoms with Crippen molar-refractivity contribution in [2.75, 3.05) is 45.8 Å². The summed E-state index contributed by atoms with van der Waals surface area (Å²) in [5.41, 5.74) is 1.85. The number of rotatable bonds is 7. The Morgan fingerprint density at radius 1 is 1.07 bits per heavy atom. The molecule has 3 aliphatic rings. The van der Waals surface area contributed by atoms with Gasteiger partial charge >= 0.3 is 0 Å². The maximum absolute atomic E-state index is 13.4. The molecule has 1 amide bonds. The number of H-pyrrole nitrogens is 1. The molecule has 4 rings (SSSR count). The number of aryl methyl sites for hydroxylation is 1. The van der Waals surface area contributed by atoms with Crippen molar-refractivity contribution >= 4 is 5.91 Å². The molecule has 0 radical (unpaired) electrons. The first-order chi connectivity index (χ1) is 14.2. The summed E-state index contributed by atoms with van der Waals surface area (Å²) in [5.74, 6) is 0.840. The maximum Gasteiger partial charge on any atom is 0.255 e. The monoisotopic (exact) mass is 400 g/mol. The van der Waals surface area contributed by atoms with Crippen LogP contribution in [0.2, 0.25) is 0 Å². The lowest BCUT2D eigenvalue weighted by molar-refractivity contribution is 0.0609. The zero-order valence-corrected chi connectivity index (χ0v) is 18.4. The molecular formula is C24H40N4O. The molecule has 2 saturated heterocycles. The fourth-order valence-corrected chi connectivity index (χ4v) is 5.73. The molecular weight excluding hydrogens is 360 g/mol. The number of carbonyl (C=O) groups excluding carboxylic acids is 1. The van der Waals surface area contributed by atoms with E-state index in [0.29, 0.717) is 5.92 Å². The standard InChI is InChI=1S/C24H40N4O/c1-20-23(11-12-25-20)24(29)28(17-16-26-13-5-2-6-14-26)19-21-8-7-15-27(18-21)22-9-3-4-10-22/h11-12,21-22,25H,2-10,13-19H2,1H3/t21-/m0/s1. The number of nitrogens with one attached hydrogen (secondary N) is 1. The van der Waals surface area contributed by atoms with E-state index in [4.69, 9.17) is 0 Å². The van der Waals surface area contributed by atoms with Crippen LogP contribution in [0.3, 0.4) is 0 Å². The van der Waals surface area contributed by atoms with Crippen LogP contribution in [0.25, 0.3) is 0 Å². The lowest BCUT2D eigenvalue weighted by Gasteiger charge is -2.39. The molecule has 1 N–H and O–H groups in total. The lowest BCUT2D eigenvalue weighted by atomic mass is 9.95. The Kier molecular flexibility index (Phi) is 7.30. The summed E-state index contributed by atoms with van der Waals surface area (Å²) in [4.78, 5) is 24.1. The second-order valence-corrected chi connectivity index (χ2v) is 9.61. The van der Waals surface area contributed by atoms with Gasteiger partial charge in [0, 0.05) is 44.1 Å². The van der Waals surface area contributed by atoms with Gasteiger partial charge in [-0.1, -0.05) is 19.3 Å². The van der Waals surface area contributed by atoms with Gasteiger partial charge < -0.3 is 19.7 Å². The molecule has 3 heterocycles. The van der Waals surface area contributed by atoms with E-state index in [1.165, 1.54) is 84.0 Å². The van der Waals surface area contributed by atoms with Crippen molar-refractivity contribution in [3.05, 3.63) is 23.5 Å².